The minimum Gasteiger partial charge on any atom is -0.411 e. The molecule has 3 heteroatoms. The lowest BCUT2D eigenvalue weighted by Crippen LogP contribution is -1.85. The van der Waals surface area contributed by atoms with Crippen LogP contribution in [0.25, 0.3) is 10.4 Å². The van der Waals surface area contributed by atoms with Crippen molar-refractivity contribution < 1.29 is 5.21 Å². The highest BCUT2D eigenvalue weighted by Gasteiger charge is 2.02. The first-order valence-corrected chi connectivity index (χ1v) is 5.10. The molecule has 0 saturated heterocycles. The van der Waals surface area contributed by atoms with Gasteiger partial charge >= 0.3 is 0 Å². The van der Waals surface area contributed by atoms with E-state index in [1.54, 1.807) is 11.3 Å². The summed E-state index contributed by atoms with van der Waals surface area (Å²) >= 11 is 1.67. The molecule has 0 unspecified atom stereocenters. The van der Waals surface area contributed by atoms with Gasteiger partial charge < -0.3 is 5.21 Å². The molecule has 0 amide bonds. The summed E-state index contributed by atoms with van der Waals surface area (Å²) in [7, 11) is 0. The van der Waals surface area contributed by atoms with Crippen molar-refractivity contribution in [2.45, 2.75) is 0 Å². The smallest absolute Gasteiger partial charge is 0.0740 e. The van der Waals surface area contributed by atoms with Gasteiger partial charge in [-0.25, -0.2) is 0 Å². The normalized spacial score (nSPS) is 10.9. The number of oxime groups is 1. The van der Waals surface area contributed by atoms with Gasteiger partial charge in [0.15, 0.2) is 0 Å². The van der Waals surface area contributed by atoms with Crippen molar-refractivity contribution >= 4 is 17.6 Å². The maximum absolute atomic E-state index is 8.51. The SMILES string of the molecule is O/N=C/c1ccccc1-c1cccs1. The van der Waals surface area contributed by atoms with Gasteiger partial charge in [0.1, 0.15) is 0 Å². The van der Waals surface area contributed by atoms with Crippen molar-refractivity contribution in [3.05, 3.63) is 47.3 Å². The summed E-state index contributed by atoms with van der Waals surface area (Å²) in [6.45, 7) is 0. The summed E-state index contributed by atoms with van der Waals surface area (Å²) in [5.74, 6) is 0. The maximum Gasteiger partial charge on any atom is 0.0740 e. The van der Waals surface area contributed by atoms with Gasteiger partial charge in [-0.15, -0.1) is 11.3 Å². The van der Waals surface area contributed by atoms with Crippen LogP contribution in [0.1, 0.15) is 5.56 Å². The second-order valence-corrected chi connectivity index (χ2v) is 3.76. The molecule has 2 rings (SSSR count). The largest absolute Gasteiger partial charge is 0.411 e. The Morgan fingerprint density at radius 3 is 2.71 bits per heavy atom. The van der Waals surface area contributed by atoms with Crippen molar-refractivity contribution in [2.24, 2.45) is 5.16 Å². The molecule has 0 bridgehead atoms. The van der Waals surface area contributed by atoms with Crippen molar-refractivity contribution in [3.63, 3.8) is 0 Å². The lowest BCUT2D eigenvalue weighted by Gasteiger charge is -2.01. The van der Waals surface area contributed by atoms with Gasteiger partial charge in [0, 0.05) is 16.0 Å². The third kappa shape index (κ3) is 1.67. The molecule has 0 radical (unpaired) electrons. The van der Waals surface area contributed by atoms with Gasteiger partial charge in [0.2, 0.25) is 0 Å². The second-order valence-electron chi connectivity index (χ2n) is 2.81. The molecule has 2 aromatic rings. The fourth-order valence-electron chi connectivity index (χ4n) is 1.33. The fourth-order valence-corrected chi connectivity index (χ4v) is 2.10. The Bertz CT molecular complexity index is 434. The van der Waals surface area contributed by atoms with E-state index in [0.717, 1.165) is 11.1 Å². The van der Waals surface area contributed by atoms with E-state index in [0.29, 0.717) is 0 Å². The highest BCUT2D eigenvalue weighted by molar-refractivity contribution is 7.13. The van der Waals surface area contributed by atoms with E-state index in [1.807, 2.05) is 35.7 Å². The molecular formula is C11H9NOS. The summed E-state index contributed by atoms with van der Waals surface area (Å²) in [6.07, 6.45) is 1.45. The Labute approximate surface area is 86.1 Å². The molecule has 1 aromatic heterocycles. The van der Waals surface area contributed by atoms with Gasteiger partial charge in [0.25, 0.3) is 0 Å². The van der Waals surface area contributed by atoms with Crippen LogP contribution in [0.5, 0.6) is 0 Å². The number of thiophene rings is 1. The van der Waals surface area contributed by atoms with Crippen LogP contribution in [0.4, 0.5) is 0 Å². The van der Waals surface area contributed by atoms with Crippen LogP contribution < -0.4 is 0 Å². The third-order valence-corrected chi connectivity index (χ3v) is 2.85. The summed E-state index contributed by atoms with van der Waals surface area (Å²) in [6, 6.07) is 11.9. The molecule has 70 valence electrons. The Balaban J connectivity index is 2.52. The summed E-state index contributed by atoms with van der Waals surface area (Å²) in [5, 5.41) is 13.6. The van der Waals surface area contributed by atoms with E-state index in [4.69, 9.17) is 5.21 Å². The fraction of sp³-hybridized carbons (Fsp3) is 0. The van der Waals surface area contributed by atoms with E-state index in [9.17, 15) is 0 Å². The zero-order valence-corrected chi connectivity index (χ0v) is 8.24. The predicted octanol–water partition coefficient (Wildman–Crippen LogP) is 3.22. The molecule has 0 aliphatic carbocycles. The van der Waals surface area contributed by atoms with Crippen LogP contribution in [0.3, 0.4) is 0 Å². The molecule has 2 nitrogen and oxygen atoms in total. The molecule has 0 atom stereocenters. The first-order valence-electron chi connectivity index (χ1n) is 4.22. The molecule has 14 heavy (non-hydrogen) atoms. The summed E-state index contributed by atoms with van der Waals surface area (Å²) < 4.78 is 0. The molecule has 0 spiro atoms. The van der Waals surface area contributed by atoms with Crippen LogP contribution in [0.2, 0.25) is 0 Å². The lowest BCUT2D eigenvalue weighted by molar-refractivity contribution is 0.322. The molecule has 1 heterocycles. The third-order valence-electron chi connectivity index (χ3n) is 1.94. The monoisotopic (exact) mass is 203 g/mol. The first kappa shape index (κ1) is 8.97. The molecular weight excluding hydrogens is 194 g/mol. The molecule has 1 N–H and O–H groups in total. The summed E-state index contributed by atoms with van der Waals surface area (Å²) in [4.78, 5) is 1.18. The number of benzene rings is 1. The van der Waals surface area contributed by atoms with Crippen molar-refractivity contribution in [3.8, 4) is 10.4 Å². The van der Waals surface area contributed by atoms with Gasteiger partial charge in [-0.1, -0.05) is 35.5 Å². The van der Waals surface area contributed by atoms with E-state index in [2.05, 4.69) is 11.2 Å². The molecule has 0 saturated carbocycles. The van der Waals surface area contributed by atoms with Crippen molar-refractivity contribution in [1.29, 1.82) is 0 Å². The highest BCUT2D eigenvalue weighted by Crippen LogP contribution is 2.26. The van der Waals surface area contributed by atoms with Crippen molar-refractivity contribution in [1.82, 2.24) is 0 Å². The van der Waals surface area contributed by atoms with Gasteiger partial charge in [-0.2, -0.15) is 0 Å². The van der Waals surface area contributed by atoms with E-state index < -0.39 is 0 Å². The van der Waals surface area contributed by atoms with Crippen LogP contribution in [0, 0.1) is 0 Å². The topological polar surface area (TPSA) is 32.6 Å². The first-order chi connectivity index (χ1) is 6.92. The minimum atomic E-state index is 0.928. The Morgan fingerprint density at radius 1 is 1.14 bits per heavy atom. The van der Waals surface area contributed by atoms with Crippen LogP contribution in [-0.4, -0.2) is 11.4 Å². The Hall–Kier alpha value is -1.61. The average molecular weight is 203 g/mol. The zero-order chi connectivity index (χ0) is 9.80. The lowest BCUT2D eigenvalue weighted by atomic mass is 10.1. The van der Waals surface area contributed by atoms with Gasteiger partial charge in [-0.3, -0.25) is 0 Å². The Kier molecular flexibility index (Phi) is 2.60. The zero-order valence-electron chi connectivity index (χ0n) is 7.42. The molecule has 1 aromatic carbocycles. The number of rotatable bonds is 2. The second kappa shape index (κ2) is 4.07. The van der Waals surface area contributed by atoms with Crippen LogP contribution in [-0.2, 0) is 0 Å². The van der Waals surface area contributed by atoms with Crippen molar-refractivity contribution in [2.75, 3.05) is 0 Å². The quantitative estimate of drug-likeness (QED) is 0.453. The maximum atomic E-state index is 8.51. The van der Waals surface area contributed by atoms with E-state index in [-0.39, 0.29) is 0 Å². The highest BCUT2D eigenvalue weighted by atomic mass is 32.1. The number of nitrogens with zero attached hydrogens (tertiary/aromatic N) is 1. The number of hydrogen-bond donors (Lipinski definition) is 1. The van der Waals surface area contributed by atoms with Gasteiger partial charge in [0.05, 0.1) is 6.21 Å². The summed E-state index contributed by atoms with van der Waals surface area (Å²) in [5.41, 5.74) is 2.03. The molecule has 0 aliphatic rings. The van der Waals surface area contributed by atoms with Crippen LogP contribution in [0.15, 0.2) is 46.9 Å². The molecule has 0 fully saturated rings. The van der Waals surface area contributed by atoms with E-state index in [1.165, 1.54) is 11.1 Å². The number of hydrogen-bond acceptors (Lipinski definition) is 3. The predicted molar refractivity (Wildman–Crippen MR) is 59.1 cm³/mol. The minimum absolute atomic E-state index is 0.928. The Morgan fingerprint density at radius 2 is 2.00 bits per heavy atom. The van der Waals surface area contributed by atoms with Crippen LogP contribution >= 0.6 is 11.3 Å². The van der Waals surface area contributed by atoms with Gasteiger partial charge in [-0.05, 0) is 11.4 Å². The standard InChI is InChI=1S/C11H9NOS/c13-12-8-9-4-1-2-5-10(9)11-6-3-7-14-11/h1-8,13H/b12-8+. The molecule has 0 aliphatic heterocycles. The average Bonchev–Trinajstić information content (AvgIpc) is 2.72. The van der Waals surface area contributed by atoms with E-state index >= 15 is 0 Å².